The molecule has 3 heterocycles. The third-order valence-corrected chi connectivity index (χ3v) is 23.2. The molecule has 3 saturated heterocycles. The normalized spacial score (nSPS) is 36.2. The Morgan fingerprint density at radius 2 is 0.618 bits per heavy atom. The minimum atomic E-state index is -3.62. The molecule has 0 aliphatic carbocycles. The standard InChI is InChI=1S/C57H83NO27S4/c1-27(59)42(71)45-52(77,33(7)65)55(80,36(10)68)49(74,30(4)62)39(87-45)16-13-19-83-23-48(22-58-26-86,24-84-20-14-17-40-50(75,31(5)63)56(81,37(11)69)53(78,34(8)66)46(88-40)43(72)28(2)60)25-85-21-15-18-41-51(76,32(6)64)57(82,38(12)70)54(79,35(9)67)47(89-41)44(73)29(3)61/h39-47,71-82H,13-25H2,1-12H3/t39-,40-,41-,42?,43?,44?,45+,46+,47+,48?,49-,50-,51-,52-,53-,54-,55-,56-,57-/m1/s1. The lowest BCUT2D eigenvalue weighted by Crippen LogP contribution is -2.85. The van der Waals surface area contributed by atoms with Crippen LogP contribution in [-0.4, -0.2) is 282 Å². The molecule has 3 rings (SSSR count). The number of hydrogen-bond donors (Lipinski definition) is 12. The highest BCUT2D eigenvalue weighted by atomic mass is 32.2. The van der Waals surface area contributed by atoms with Crippen molar-refractivity contribution in [2.75, 3.05) is 46.2 Å². The second-order valence-corrected chi connectivity index (χ2v) is 27.8. The first-order chi connectivity index (χ1) is 40.7. The molecule has 0 radical (unpaired) electrons. The van der Waals surface area contributed by atoms with E-state index in [9.17, 15) is 119 Å². The minimum Gasteiger partial charge on any atom is -0.384 e. The van der Waals surface area contributed by atoms with Crippen molar-refractivity contribution >= 4 is 122 Å². The zero-order valence-corrected chi connectivity index (χ0v) is 54.7. The molecule has 89 heavy (non-hydrogen) atoms. The lowest BCUT2D eigenvalue weighted by atomic mass is 9.61. The molecule has 0 aromatic rings. The molecule has 28 nitrogen and oxygen atoms in total. The van der Waals surface area contributed by atoms with Crippen molar-refractivity contribution in [1.82, 2.24) is 0 Å². The summed E-state index contributed by atoms with van der Waals surface area (Å²) in [4.78, 5) is 162. The highest BCUT2D eigenvalue weighted by Crippen LogP contribution is 2.58. The van der Waals surface area contributed by atoms with Gasteiger partial charge in [-0.2, -0.15) is 0 Å². The van der Waals surface area contributed by atoms with Gasteiger partial charge in [0.25, 0.3) is 0 Å². The summed E-state index contributed by atoms with van der Waals surface area (Å²) in [6.07, 6.45) is -8.41. The van der Waals surface area contributed by atoms with Crippen LogP contribution in [0.3, 0.4) is 0 Å². The van der Waals surface area contributed by atoms with Gasteiger partial charge in [-0.15, -0.1) is 35.3 Å². The molecule has 0 bridgehead atoms. The summed E-state index contributed by atoms with van der Waals surface area (Å²) in [5.41, 5.74) is -32.2. The lowest BCUT2D eigenvalue weighted by molar-refractivity contribution is -0.235. The molecule has 0 amide bonds. The van der Waals surface area contributed by atoms with E-state index in [0.29, 0.717) is 56.1 Å². The number of hydrogen-bond acceptors (Lipinski definition) is 32. The number of isothiocyanates is 1. The number of aliphatic hydroxyl groups excluding tert-OH is 3. The van der Waals surface area contributed by atoms with Crippen LogP contribution in [-0.2, 0) is 71.7 Å². The van der Waals surface area contributed by atoms with Gasteiger partial charge in [-0.25, -0.2) is 4.99 Å². The van der Waals surface area contributed by atoms with E-state index >= 15 is 0 Å². The molecular weight excluding hydrogens is 1260 g/mol. The number of Topliss-reactive ketones (excluding diaryl/α,β-unsaturated/α-hetero) is 12. The van der Waals surface area contributed by atoms with Crippen LogP contribution in [0.25, 0.3) is 0 Å². The average molecular weight is 1340 g/mol. The van der Waals surface area contributed by atoms with Crippen molar-refractivity contribution in [3.8, 4) is 0 Å². The fraction of sp³-hybridized carbons (Fsp3) is 0.772. The fourth-order valence-electron chi connectivity index (χ4n) is 12.5. The van der Waals surface area contributed by atoms with Gasteiger partial charge in [0, 0.05) is 35.6 Å². The molecule has 3 fully saturated rings. The zero-order chi connectivity index (χ0) is 69.0. The van der Waals surface area contributed by atoms with Crippen molar-refractivity contribution < 1.29 is 133 Å². The zero-order valence-electron chi connectivity index (χ0n) is 51.5. The van der Waals surface area contributed by atoms with Crippen LogP contribution < -0.4 is 0 Å². The average Bonchev–Trinajstić information content (AvgIpc) is 0.709. The number of aliphatic hydroxyl groups is 12. The SMILES string of the molecule is CC(=O)C(O)[C@@H]1S[C@H](CCCOCC(CN=C=S)(COCCC[C@H]2S[C@@H](C(O)C(C)=O)[C@](O)(C(C)=O)[C@@](O)(C(C)=O)[C@@]2(O)C(C)=O)COCCC[C@H]2S[C@@H](C(O)C(C)=O)[C@](O)(C(C)=O)[C@@](O)(C(C)=O)[C@@]2(O)C(C)=O)[C@](O)(C(C)=O)[C@](O)(C(C)=O)[C@@]1(O)C(C)=O. The van der Waals surface area contributed by atoms with Gasteiger partial charge in [0.15, 0.2) is 120 Å². The van der Waals surface area contributed by atoms with Crippen molar-refractivity contribution in [1.29, 1.82) is 0 Å². The second kappa shape index (κ2) is 29.7. The first-order valence-electron chi connectivity index (χ1n) is 28.1. The van der Waals surface area contributed by atoms with E-state index in [1.807, 2.05) is 0 Å². The summed E-state index contributed by atoms with van der Waals surface area (Å²) >= 11 is 6.10. The number of thioether (sulfide) groups is 3. The third kappa shape index (κ3) is 13.2. The summed E-state index contributed by atoms with van der Waals surface area (Å²) < 4.78 is 18.4. The highest BCUT2D eigenvalue weighted by molar-refractivity contribution is 8.01. The number of ketones is 12. The smallest absolute Gasteiger partial charge is 0.196 e. The molecule has 32 heteroatoms. The van der Waals surface area contributed by atoms with Crippen molar-refractivity contribution in [2.45, 2.75) is 222 Å². The van der Waals surface area contributed by atoms with Gasteiger partial charge in [0.1, 0.15) is 18.3 Å². The van der Waals surface area contributed by atoms with Crippen LogP contribution in [0, 0.1) is 5.41 Å². The van der Waals surface area contributed by atoms with Crippen LogP contribution in [0.4, 0.5) is 0 Å². The minimum absolute atomic E-state index is 0.192. The Bertz CT molecular complexity index is 2570. The molecule has 18 atom stereocenters. The quantitative estimate of drug-likeness (QED) is 0.0168. The molecular formula is C57H83NO27S4. The maximum atomic E-state index is 13.4. The van der Waals surface area contributed by atoms with E-state index in [4.69, 9.17) is 26.4 Å². The molecule has 502 valence electrons. The first kappa shape index (κ1) is 79.5. The Balaban J connectivity index is 2.09. The number of rotatable bonds is 35. The van der Waals surface area contributed by atoms with E-state index in [1.165, 1.54) is 0 Å². The number of carbonyl (C=O) groups excluding carboxylic acids is 12. The van der Waals surface area contributed by atoms with E-state index in [1.54, 1.807) is 0 Å². The largest absolute Gasteiger partial charge is 0.384 e. The monoisotopic (exact) mass is 1340 g/mol. The summed E-state index contributed by atoms with van der Waals surface area (Å²) in [6.45, 7) is 6.61. The van der Waals surface area contributed by atoms with Crippen LogP contribution in [0.5, 0.6) is 0 Å². The van der Waals surface area contributed by atoms with Gasteiger partial charge in [-0.3, -0.25) is 57.5 Å². The molecule has 0 aromatic carbocycles. The topological polar surface area (TPSA) is 488 Å². The van der Waals surface area contributed by atoms with E-state index in [-0.39, 0.29) is 64.9 Å². The van der Waals surface area contributed by atoms with E-state index < -0.39 is 195 Å². The van der Waals surface area contributed by atoms with Gasteiger partial charge < -0.3 is 75.5 Å². The fourth-order valence-corrected chi connectivity index (χ4v) is 18.8. The second-order valence-electron chi connectivity index (χ2n) is 23.5. The lowest BCUT2D eigenvalue weighted by Gasteiger charge is -2.58. The summed E-state index contributed by atoms with van der Waals surface area (Å²) in [6, 6.07) is 0. The van der Waals surface area contributed by atoms with Gasteiger partial charge in [-0.1, -0.05) is 0 Å². The van der Waals surface area contributed by atoms with Gasteiger partial charge in [0.2, 0.25) is 0 Å². The molecule has 0 saturated carbocycles. The predicted octanol–water partition coefficient (Wildman–Crippen LogP) is -3.35. The van der Waals surface area contributed by atoms with Gasteiger partial charge in [0.05, 0.1) is 52.7 Å². The summed E-state index contributed by atoms with van der Waals surface area (Å²) in [5.74, 6) is -15.4. The number of aliphatic imine (C=N–C) groups is 1. The molecule has 3 unspecified atom stereocenters. The van der Waals surface area contributed by atoms with Gasteiger partial charge in [-0.05, 0) is 134 Å². The molecule has 0 aromatic heterocycles. The van der Waals surface area contributed by atoms with Gasteiger partial charge >= 0.3 is 0 Å². The number of nitrogens with zero attached hydrogens (tertiary/aromatic N) is 1. The maximum absolute atomic E-state index is 13.4. The Morgan fingerprint density at radius 1 is 0.404 bits per heavy atom. The predicted molar refractivity (Wildman–Crippen MR) is 319 cm³/mol. The molecule has 3 aliphatic heterocycles. The Kier molecular flexibility index (Phi) is 26.5. The Morgan fingerprint density at radius 3 is 0.787 bits per heavy atom. The number of carbonyl (C=O) groups is 12. The molecule has 0 spiro atoms. The first-order valence-corrected chi connectivity index (χ1v) is 31.4. The number of thiocarbonyl (C=S) groups is 1. The van der Waals surface area contributed by atoms with E-state index in [2.05, 4.69) is 10.2 Å². The maximum Gasteiger partial charge on any atom is 0.196 e. The van der Waals surface area contributed by atoms with Crippen LogP contribution in [0.15, 0.2) is 4.99 Å². The molecule has 3 aliphatic rings. The van der Waals surface area contributed by atoms with Crippen LogP contribution >= 0.6 is 47.5 Å². The van der Waals surface area contributed by atoms with Crippen molar-refractivity contribution in [3.63, 3.8) is 0 Å². The summed E-state index contributed by atoms with van der Waals surface area (Å²) in [7, 11) is 0. The number of ether oxygens (including phenoxy) is 3. The summed E-state index contributed by atoms with van der Waals surface area (Å²) in [5, 5.41) is 132. The molecule has 12 N–H and O–H groups in total. The van der Waals surface area contributed by atoms with Crippen LogP contribution in [0.1, 0.15) is 122 Å². The highest BCUT2D eigenvalue weighted by Gasteiger charge is 2.81. The van der Waals surface area contributed by atoms with E-state index in [0.717, 1.165) is 62.3 Å². The third-order valence-electron chi connectivity index (χ3n) is 17.7. The van der Waals surface area contributed by atoms with Crippen LogP contribution in [0.2, 0.25) is 0 Å². The van der Waals surface area contributed by atoms with Crippen molar-refractivity contribution in [2.24, 2.45) is 10.4 Å². The Labute approximate surface area is 531 Å². The Hall–Kier alpha value is -3.71. The van der Waals surface area contributed by atoms with Crippen molar-refractivity contribution in [3.05, 3.63) is 0 Å².